The van der Waals surface area contributed by atoms with Gasteiger partial charge in [-0.15, -0.1) is 0 Å². The molecule has 0 N–H and O–H groups in total. The Hall–Kier alpha value is -1.87. The van der Waals surface area contributed by atoms with Crippen LogP contribution in [-0.2, 0) is 0 Å². The summed E-state index contributed by atoms with van der Waals surface area (Å²) in [6, 6.07) is 10.5. The maximum atomic E-state index is 11.0. The number of nitrogens with zero attached hydrogens (tertiary/aromatic N) is 1. The molecule has 0 saturated heterocycles. The maximum absolute atomic E-state index is 11.0. The molecule has 86 valence electrons. The molecule has 0 bridgehead atoms. The van der Waals surface area contributed by atoms with Gasteiger partial charge in [-0.2, -0.15) is 0 Å². The van der Waals surface area contributed by atoms with Gasteiger partial charge in [-0.1, -0.05) is 17.7 Å². The second-order valence-corrected chi connectivity index (χ2v) is 3.80. The summed E-state index contributed by atoms with van der Waals surface area (Å²) in [5.74, 6) is 0.673. The SMILES string of the molecule is COc1ccc(C=O)c(-c2cccc(Cl)n2)c1. The van der Waals surface area contributed by atoms with Crippen LogP contribution in [-0.4, -0.2) is 18.4 Å². The molecule has 4 heteroatoms. The summed E-state index contributed by atoms with van der Waals surface area (Å²) in [6.45, 7) is 0. The maximum Gasteiger partial charge on any atom is 0.150 e. The number of hydrogen-bond donors (Lipinski definition) is 0. The number of hydrogen-bond acceptors (Lipinski definition) is 3. The van der Waals surface area contributed by atoms with E-state index in [0.717, 1.165) is 6.29 Å². The van der Waals surface area contributed by atoms with Crippen LogP contribution >= 0.6 is 11.6 Å². The monoisotopic (exact) mass is 247 g/mol. The summed E-state index contributed by atoms with van der Waals surface area (Å²) < 4.78 is 5.13. The Labute approximate surface area is 104 Å². The molecule has 3 nitrogen and oxygen atoms in total. The quantitative estimate of drug-likeness (QED) is 0.618. The van der Waals surface area contributed by atoms with Crippen LogP contribution in [0.4, 0.5) is 0 Å². The number of carbonyl (C=O) groups excluding carboxylic acids is 1. The highest BCUT2D eigenvalue weighted by atomic mass is 35.5. The normalized spacial score (nSPS) is 10.0. The van der Waals surface area contributed by atoms with Crippen LogP contribution in [0.3, 0.4) is 0 Å². The van der Waals surface area contributed by atoms with Crippen LogP contribution in [0, 0.1) is 0 Å². The molecule has 2 aromatic rings. The third-order valence-corrected chi connectivity index (χ3v) is 2.59. The van der Waals surface area contributed by atoms with Crippen molar-refractivity contribution in [2.75, 3.05) is 7.11 Å². The zero-order chi connectivity index (χ0) is 12.3. The van der Waals surface area contributed by atoms with Gasteiger partial charge in [-0.05, 0) is 30.3 Å². The molecule has 0 atom stereocenters. The van der Waals surface area contributed by atoms with Gasteiger partial charge in [0.15, 0.2) is 6.29 Å². The first-order valence-electron chi connectivity index (χ1n) is 5.00. The predicted molar refractivity (Wildman–Crippen MR) is 66.6 cm³/mol. The molecular formula is C13H10ClNO2. The Balaban J connectivity index is 2.59. The molecule has 17 heavy (non-hydrogen) atoms. The minimum absolute atomic E-state index is 0.391. The van der Waals surface area contributed by atoms with E-state index in [1.807, 2.05) is 0 Å². The Kier molecular flexibility index (Phi) is 3.40. The van der Waals surface area contributed by atoms with E-state index in [0.29, 0.717) is 27.7 Å². The van der Waals surface area contributed by atoms with E-state index >= 15 is 0 Å². The standard InChI is InChI=1S/C13H10ClNO2/c1-17-10-6-5-9(8-16)11(7-10)12-3-2-4-13(14)15-12/h2-8H,1H3. The number of benzene rings is 1. The van der Waals surface area contributed by atoms with Crippen molar-refractivity contribution in [3.8, 4) is 17.0 Å². The summed E-state index contributed by atoms with van der Waals surface area (Å²) in [7, 11) is 1.57. The number of pyridine rings is 1. The minimum Gasteiger partial charge on any atom is -0.497 e. The summed E-state index contributed by atoms with van der Waals surface area (Å²) in [4.78, 5) is 15.2. The van der Waals surface area contributed by atoms with Crippen LogP contribution in [0.2, 0.25) is 5.15 Å². The van der Waals surface area contributed by atoms with Gasteiger partial charge in [0.25, 0.3) is 0 Å². The van der Waals surface area contributed by atoms with Crippen molar-refractivity contribution in [3.63, 3.8) is 0 Å². The third-order valence-electron chi connectivity index (χ3n) is 2.38. The third kappa shape index (κ3) is 2.45. The first-order valence-corrected chi connectivity index (χ1v) is 5.38. The van der Waals surface area contributed by atoms with E-state index in [2.05, 4.69) is 4.98 Å². The van der Waals surface area contributed by atoms with Crippen LogP contribution in [0.25, 0.3) is 11.3 Å². The topological polar surface area (TPSA) is 39.2 Å². The van der Waals surface area contributed by atoms with Gasteiger partial charge in [0.05, 0.1) is 12.8 Å². The summed E-state index contributed by atoms with van der Waals surface area (Å²) in [6.07, 6.45) is 0.789. The number of aldehydes is 1. The number of methoxy groups -OCH3 is 1. The fourth-order valence-corrected chi connectivity index (χ4v) is 1.71. The van der Waals surface area contributed by atoms with Crippen LogP contribution in [0.5, 0.6) is 5.75 Å². The first-order chi connectivity index (χ1) is 8.24. The average molecular weight is 248 g/mol. The van der Waals surface area contributed by atoms with Gasteiger partial charge < -0.3 is 4.74 Å². The molecule has 0 unspecified atom stereocenters. The molecule has 0 spiro atoms. The van der Waals surface area contributed by atoms with Crippen molar-refractivity contribution >= 4 is 17.9 Å². The second-order valence-electron chi connectivity index (χ2n) is 3.42. The number of ether oxygens (including phenoxy) is 1. The Morgan fingerprint density at radius 1 is 1.29 bits per heavy atom. The van der Waals surface area contributed by atoms with E-state index in [4.69, 9.17) is 16.3 Å². The van der Waals surface area contributed by atoms with Crippen LogP contribution in [0.15, 0.2) is 36.4 Å². The van der Waals surface area contributed by atoms with Gasteiger partial charge >= 0.3 is 0 Å². The molecule has 2 rings (SSSR count). The first kappa shape index (κ1) is 11.6. The summed E-state index contributed by atoms with van der Waals surface area (Å²) >= 11 is 5.83. The smallest absolute Gasteiger partial charge is 0.150 e. The van der Waals surface area contributed by atoms with Gasteiger partial charge in [0.2, 0.25) is 0 Å². The Bertz CT molecular complexity index is 555. The molecule has 0 aliphatic carbocycles. The van der Waals surface area contributed by atoms with E-state index in [1.165, 1.54) is 0 Å². The largest absolute Gasteiger partial charge is 0.497 e. The van der Waals surface area contributed by atoms with Crippen LogP contribution < -0.4 is 4.74 Å². The zero-order valence-electron chi connectivity index (χ0n) is 9.18. The molecule has 1 heterocycles. The van der Waals surface area contributed by atoms with Crippen LogP contribution in [0.1, 0.15) is 10.4 Å². The van der Waals surface area contributed by atoms with Crippen molar-refractivity contribution in [1.82, 2.24) is 4.98 Å². The molecule has 0 saturated carbocycles. The minimum atomic E-state index is 0.391. The average Bonchev–Trinajstić information content (AvgIpc) is 2.38. The molecule has 1 aromatic heterocycles. The fraction of sp³-hybridized carbons (Fsp3) is 0.0769. The van der Waals surface area contributed by atoms with E-state index < -0.39 is 0 Å². The zero-order valence-corrected chi connectivity index (χ0v) is 9.94. The van der Waals surface area contributed by atoms with Gasteiger partial charge in [0, 0.05) is 11.1 Å². The lowest BCUT2D eigenvalue weighted by atomic mass is 10.0. The fourth-order valence-electron chi connectivity index (χ4n) is 1.55. The molecule has 0 radical (unpaired) electrons. The summed E-state index contributed by atoms with van der Waals surface area (Å²) in [5, 5.41) is 0.391. The highest BCUT2D eigenvalue weighted by molar-refractivity contribution is 6.29. The van der Waals surface area contributed by atoms with E-state index in [9.17, 15) is 4.79 Å². The van der Waals surface area contributed by atoms with Crippen molar-refractivity contribution in [2.24, 2.45) is 0 Å². The number of halogens is 1. The molecule has 0 amide bonds. The Morgan fingerprint density at radius 3 is 2.76 bits per heavy atom. The lowest BCUT2D eigenvalue weighted by Gasteiger charge is -2.07. The molecule has 0 aliphatic heterocycles. The highest BCUT2D eigenvalue weighted by Crippen LogP contribution is 2.26. The van der Waals surface area contributed by atoms with E-state index in [1.54, 1.807) is 43.5 Å². The number of rotatable bonds is 3. The second kappa shape index (κ2) is 4.97. The number of carbonyl (C=O) groups is 1. The molecular weight excluding hydrogens is 238 g/mol. The lowest BCUT2D eigenvalue weighted by Crippen LogP contribution is -1.92. The Morgan fingerprint density at radius 2 is 2.12 bits per heavy atom. The van der Waals surface area contributed by atoms with Gasteiger partial charge in [-0.25, -0.2) is 4.98 Å². The van der Waals surface area contributed by atoms with Crippen molar-refractivity contribution in [1.29, 1.82) is 0 Å². The van der Waals surface area contributed by atoms with Crippen molar-refractivity contribution in [3.05, 3.63) is 47.1 Å². The lowest BCUT2D eigenvalue weighted by molar-refractivity contribution is 0.112. The van der Waals surface area contributed by atoms with Gasteiger partial charge in [-0.3, -0.25) is 4.79 Å². The summed E-state index contributed by atoms with van der Waals surface area (Å²) in [5.41, 5.74) is 1.92. The number of aromatic nitrogens is 1. The predicted octanol–water partition coefficient (Wildman–Crippen LogP) is 3.22. The van der Waals surface area contributed by atoms with E-state index in [-0.39, 0.29) is 0 Å². The van der Waals surface area contributed by atoms with Crippen molar-refractivity contribution < 1.29 is 9.53 Å². The molecule has 0 aliphatic rings. The molecule has 0 fully saturated rings. The molecule has 1 aromatic carbocycles. The van der Waals surface area contributed by atoms with Crippen molar-refractivity contribution in [2.45, 2.75) is 0 Å². The highest BCUT2D eigenvalue weighted by Gasteiger charge is 2.08. The van der Waals surface area contributed by atoms with Gasteiger partial charge in [0.1, 0.15) is 10.9 Å².